The van der Waals surface area contributed by atoms with Gasteiger partial charge in [-0.05, 0) is 75.6 Å². The number of aromatic nitrogens is 4. The minimum atomic E-state index is -0.872. The Morgan fingerprint density at radius 1 is 1.11 bits per heavy atom. The van der Waals surface area contributed by atoms with Gasteiger partial charge in [-0.3, -0.25) is 9.59 Å². The highest BCUT2D eigenvalue weighted by atomic mass is 16.6. The molecule has 2 atom stereocenters. The normalized spacial score (nSPS) is 22.5. The summed E-state index contributed by atoms with van der Waals surface area (Å²) in [6.07, 6.45) is 6.97. The van der Waals surface area contributed by atoms with Gasteiger partial charge in [-0.2, -0.15) is 4.98 Å². The maximum atomic E-state index is 13.5. The summed E-state index contributed by atoms with van der Waals surface area (Å²) in [6.45, 7) is 6.62. The molecule has 37 heavy (non-hydrogen) atoms. The van der Waals surface area contributed by atoms with E-state index >= 15 is 0 Å². The Hall–Kier alpha value is -3.29. The van der Waals surface area contributed by atoms with Gasteiger partial charge in [0.15, 0.2) is 11.6 Å². The number of ketones is 1. The SMILES string of the molecule is CCCOc1ccc(CCC2(C3CCCC3)CC(=O)C(Cc3nc4nc(C)cc(C)n4n3)C(=O)O2)cc1. The predicted octanol–water partition coefficient (Wildman–Crippen LogP) is 4.77. The maximum Gasteiger partial charge on any atom is 0.317 e. The third-order valence-electron chi connectivity index (χ3n) is 7.83. The summed E-state index contributed by atoms with van der Waals surface area (Å²) < 4.78 is 13.6. The van der Waals surface area contributed by atoms with Crippen LogP contribution in [-0.4, -0.2) is 43.5 Å². The molecule has 3 aromatic rings. The van der Waals surface area contributed by atoms with Crippen molar-refractivity contribution in [3.8, 4) is 5.75 Å². The molecule has 0 radical (unpaired) electrons. The Bertz CT molecular complexity index is 1260. The zero-order valence-electron chi connectivity index (χ0n) is 22.0. The summed E-state index contributed by atoms with van der Waals surface area (Å²) in [4.78, 5) is 35.7. The van der Waals surface area contributed by atoms with Gasteiger partial charge in [0.2, 0.25) is 0 Å². The zero-order valence-corrected chi connectivity index (χ0v) is 22.0. The Morgan fingerprint density at radius 2 is 1.86 bits per heavy atom. The largest absolute Gasteiger partial charge is 0.494 e. The summed E-state index contributed by atoms with van der Waals surface area (Å²) in [7, 11) is 0. The second-order valence-electron chi connectivity index (χ2n) is 10.6. The van der Waals surface area contributed by atoms with Crippen molar-refractivity contribution in [3.05, 3.63) is 53.1 Å². The number of hydrogen-bond acceptors (Lipinski definition) is 7. The number of fused-ring (bicyclic) bond motifs is 1. The summed E-state index contributed by atoms with van der Waals surface area (Å²) in [5.74, 6) is 0.627. The van der Waals surface area contributed by atoms with E-state index in [2.05, 4.69) is 34.1 Å². The number of hydrogen-bond donors (Lipinski definition) is 0. The third kappa shape index (κ3) is 5.38. The molecule has 2 unspecified atom stereocenters. The predicted molar refractivity (Wildman–Crippen MR) is 138 cm³/mol. The summed E-state index contributed by atoms with van der Waals surface area (Å²) >= 11 is 0. The van der Waals surface area contributed by atoms with Crippen LogP contribution in [0.5, 0.6) is 5.75 Å². The molecule has 5 rings (SSSR count). The number of aryl methyl sites for hydroxylation is 3. The first kappa shape index (κ1) is 25.4. The average molecular weight is 505 g/mol. The van der Waals surface area contributed by atoms with Crippen molar-refractivity contribution in [3.63, 3.8) is 0 Å². The van der Waals surface area contributed by atoms with Crippen molar-refractivity contribution in [2.75, 3.05) is 6.61 Å². The van der Waals surface area contributed by atoms with Crippen LogP contribution in [0.2, 0.25) is 0 Å². The minimum absolute atomic E-state index is 0.0637. The van der Waals surface area contributed by atoms with Crippen LogP contribution in [0.15, 0.2) is 30.3 Å². The van der Waals surface area contributed by atoms with Crippen LogP contribution in [0.3, 0.4) is 0 Å². The Balaban J connectivity index is 1.31. The van der Waals surface area contributed by atoms with Crippen LogP contribution in [0.25, 0.3) is 5.78 Å². The highest BCUT2D eigenvalue weighted by Gasteiger charge is 2.51. The van der Waals surface area contributed by atoms with Crippen LogP contribution in [0.4, 0.5) is 0 Å². The molecule has 1 aliphatic carbocycles. The first-order chi connectivity index (χ1) is 17.9. The van der Waals surface area contributed by atoms with Crippen molar-refractivity contribution >= 4 is 17.5 Å². The average Bonchev–Trinajstić information content (AvgIpc) is 3.55. The van der Waals surface area contributed by atoms with Gasteiger partial charge in [0, 0.05) is 24.2 Å². The van der Waals surface area contributed by atoms with E-state index in [9.17, 15) is 9.59 Å². The molecule has 0 N–H and O–H groups in total. The van der Waals surface area contributed by atoms with E-state index in [1.54, 1.807) is 4.52 Å². The molecule has 0 bridgehead atoms. The van der Waals surface area contributed by atoms with Crippen molar-refractivity contribution < 1.29 is 19.1 Å². The fraction of sp³-hybridized carbons (Fsp3) is 0.552. The third-order valence-corrected chi connectivity index (χ3v) is 7.83. The van der Waals surface area contributed by atoms with Crippen LogP contribution in [-0.2, 0) is 27.2 Å². The van der Waals surface area contributed by atoms with E-state index in [1.807, 2.05) is 32.0 Å². The van der Waals surface area contributed by atoms with Gasteiger partial charge in [-0.15, -0.1) is 5.10 Å². The molecule has 0 spiro atoms. The molecule has 1 aromatic carbocycles. The van der Waals surface area contributed by atoms with Gasteiger partial charge in [0.1, 0.15) is 17.3 Å². The monoisotopic (exact) mass is 504 g/mol. The number of Topliss-reactive ketones (excluding diaryl/α,β-unsaturated/α-hetero) is 1. The number of rotatable bonds is 9. The topological polar surface area (TPSA) is 95.7 Å². The van der Waals surface area contributed by atoms with E-state index < -0.39 is 17.5 Å². The molecule has 8 nitrogen and oxygen atoms in total. The second-order valence-corrected chi connectivity index (χ2v) is 10.6. The lowest BCUT2D eigenvalue weighted by Crippen LogP contribution is -2.52. The fourth-order valence-electron chi connectivity index (χ4n) is 5.88. The molecule has 1 saturated heterocycles. The molecular formula is C29H36N4O4. The number of nitrogens with zero attached hydrogens (tertiary/aromatic N) is 4. The van der Waals surface area contributed by atoms with E-state index in [0.717, 1.165) is 61.2 Å². The van der Waals surface area contributed by atoms with E-state index in [4.69, 9.17) is 9.47 Å². The van der Waals surface area contributed by atoms with Gasteiger partial charge < -0.3 is 9.47 Å². The first-order valence-electron chi connectivity index (χ1n) is 13.5. The van der Waals surface area contributed by atoms with E-state index in [-0.39, 0.29) is 24.5 Å². The molecule has 2 aliphatic rings. The lowest BCUT2D eigenvalue weighted by atomic mass is 9.73. The highest BCUT2D eigenvalue weighted by Crippen LogP contribution is 2.45. The van der Waals surface area contributed by atoms with Crippen LogP contribution in [0, 0.1) is 25.7 Å². The molecule has 1 saturated carbocycles. The molecule has 0 amide bonds. The maximum absolute atomic E-state index is 13.5. The second kappa shape index (κ2) is 10.6. The van der Waals surface area contributed by atoms with E-state index in [1.165, 1.54) is 0 Å². The Kier molecular flexibility index (Phi) is 7.26. The van der Waals surface area contributed by atoms with Crippen LogP contribution >= 0.6 is 0 Å². The molecule has 8 heteroatoms. The molecule has 196 valence electrons. The van der Waals surface area contributed by atoms with Crippen molar-refractivity contribution in [1.82, 2.24) is 19.6 Å². The van der Waals surface area contributed by atoms with E-state index in [0.29, 0.717) is 24.6 Å². The van der Waals surface area contributed by atoms with Gasteiger partial charge >= 0.3 is 5.97 Å². The molecule has 1 aliphatic heterocycles. The Morgan fingerprint density at radius 3 is 2.57 bits per heavy atom. The highest BCUT2D eigenvalue weighted by molar-refractivity contribution is 6.01. The van der Waals surface area contributed by atoms with Gasteiger partial charge in [0.05, 0.1) is 6.61 Å². The van der Waals surface area contributed by atoms with Gasteiger partial charge in [-0.25, -0.2) is 9.50 Å². The molecular weight excluding hydrogens is 468 g/mol. The van der Waals surface area contributed by atoms with Crippen molar-refractivity contribution in [1.29, 1.82) is 0 Å². The summed E-state index contributed by atoms with van der Waals surface area (Å²) in [5.41, 5.74) is 2.17. The molecule has 2 aromatic heterocycles. The first-order valence-corrected chi connectivity index (χ1v) is 13.5. The molecule has 2 fully saturated rings. The lowest BCUT2D eigenvalue weighted by molar-refractivity contribution is -0.185. The quantitative estimate of drug-likeness (QED) is 0.306. The fourth-order valence-corrected chi connectivity index (χ4v) is 5.88. The zero-order chi connectivity index (χ0) is 26.0. The van der Waals surface area contributed by atoms with Crippen LogP contribution < -0.4 is 4.74 Å². The number of carbonyl (C=O) groups is 2. The summed E-state index contributed by atoms with van der Waals surface area (Å²) in [6, 6.07) is 10.0. The van der Waals surface area contributed by atoms with Crippen molar-refractivity contribution in [2.24, 2.45) is 11.8 Å². The smallest absolute Gasteiger partial charge is 0.317 e. The van der Waals surface area contributed by atoms with Crippen molar-refractivity contribution in [2.45, 2.75) is 84.2 Å². The standard InChI is InChI=1S/C29H36N4O4/c1-4-15-36-23-11-9-21(10-12-23)13-14-29(22-7-5-6-8-22)18-25(34)24(27(35)37-29)17-26-31-28-30-19(2)16-20(3)33(28)32-26/h9-12,16,22,24H,4-8,13-15,17-18H2,1-3H3. The number of benzene rings is 1. The Labute approximate surface area is 217 Å². The van der Waals surface area contributed by atoms with Gasteiger partial charge in [0.25, 0.3) is 5.78 Å². The van der Waals surface area contributed by atoms with Gasteiger partial charge in [-0.1, -0.05) is 31.9 Å². The molecule has 3 heterocycles. The summed E-state index contributed by atoms with van der Waals surface area (Å²) in [5, 5.41) is 4.50. The number of carbonyl (C=O) groups excluding carboxylic acids is 2. The number of cyclic esters (lactones) is 1. The minimum Gasteiger partial charge on any atom is -0.494 e. The van der Waals surface area contributed by atoms with Crippen LogP contribution in [0.1, 0.15) is 74.6 Å². The number of esters is 1. The lowest BCUT2D eigenvalue weighted by Gasteiger charge is -2.43. The number of ether oxygens (including phenoxy) is 2.